The van der Waals surface area contributed by atoms with Gasteiger partial charge in [-0.15, -0.1) is 0 Å². The number of nitrogens with one attached hydrogen (secondary N) is 1. The zero-order chi connectivity index (χ0) is 23.4. The maximum absolute atomic E-state index is 12.7. The van der Waals surface area contributed by atoms with E-state index in [4.69, 9.17) is 16.0 Å². The lowest BCUT2D eigenvalue weighted by Crippen LogP contribution is -2.22. The van der Waals surface area contributed by atoms with Crippen LogP contribution in [0.5, 0.6) is 0 Å². The minimum absolute atomic E-state index is 0.222. The highest BCUT2D eigenvalue weighted by Gasteiger charge is 2.21. The number of aryl methyl sites for hydroxylation is 1. The molecule has 0 spiro atoms. The summed E-state index contributed by atoms with van der Waals surface area (Å²) in [5.41, 5.74) is 2.39. The molecule has 4 rings (SSSR count). The summed E-state index contributed by atoms with van der Waals surface area (Å²) in [7, 11) is -3.54. The Morgan fingerprint density at radius 3 is 2.42 bits per heavy atom. The second-order valence-electron chi connectivity index (χ2n) is 7.48. The van der Waals surface area contributed by atoms with Gasteiger partial charge in [0.15, 0.2) is 9.84 Å². The van der Waals surface area contributed by atoms with Gasteiger partial charge in [-0.1, -0.05) is 41.9 Å². The third-order valence-electron chi connectivity index (χ3n) is 5.06. The Hall–Kier alpha value is -3.42. The predicted molar refractivity (Wildman–Crippen MR) is 127 cm³/mol. The van der Waals surface area contributed by atoms with Gasteiger partial charge in [0.2, 0.25) is 5.89 Å². The van der Waals surface area contributed by atoms with Crippen LogP contribution in [0.15, 0.2) is 88.2 Å². The molecule has 3 aromatic carbocycles. The van der Waals surface area contributed by atoms with E-state index in [0.29, 0.717) is 40.0 Å². The number of oxazole rings is 1. The van der Waals surface area contributed by atoms with Crippen LogP contribution in [-0.2, 0) is 22.1 Å². The first-order chi connectivity index (χ1) is 15.8. The molecule has 1 N–H and O–H groups in total. The predicted octanol–water partition coefficient (Wildman–Crippen LogP) is 5.21. The first-order valence-electron chi connectivity index (χ1n) is 10.2. The average molecular weight is 481 g/mol. The van der Waals surface area contributed by atoms with Crippen LogP contribution in [0.4, 0.5) is 0 Å². The fraction of sp³-hybridized carbons (Fsp3) is 0.120. The summed E-state index contributed by atoms with van der Waals surface area (Å²) in [5, 5.41) is 3.47. The van der Waals surface area contributed by atoms with Gasteiger partial charge in [0.25, 0.3) is 5.91 Å². The van der Waals surface area contributed by atoms with Gasteiger partial charge in [0.1, 0.15) is 11.5 Å². The Balaban J connectivity index is 1.45. The number of carbonyl (C=O) groups is 1. The molecule has 0 saturated heterocycles. The van der Waals surface area contributed by atoms with Gasteiger partial charge < -0.3 is 9.73 Å². The second kappa shape index (κ2) is 9.60. The minimum Gasteiger partial charge on any atom is -0.441 e. The monoisotopic (exact) mass is 480 g/mol. The maximum atomic E-state index is 12.7. The second-order valence-corrected chi connectivity index (χ2v) is 9.91. The molecule has 0 saturated carbocycles. The number of aromatic nitrogens is 1. The lowest BCUT2D eigenvalue weighted by atomic mass is 10.1. The summed E-state index contributed by atoms with van der Waals surface area (Å²) >= 11 is 5.97. The van der Waals surface area contributed by atoms with Crippen LogP contribution >= 0.6 is 11.6 Å². The van der Waals surface area contributed by atoms with Gasteiger partial charge in [0.05, 0.1) is 10.6 Å². The molecule has 0 aliphatic carbocycles. The Morgan fingerprint density at radius 1 is 1.00 bits per heavy atom. The summed E-state index contributed by atoms with van der Waals surface area (Å²) in [4.78, 5) is 17.1. The van der Waals surface area contributed by atoms with Crippen molar-refractivity contribution in [1.29, 1.82) is 0 Å². The smallest absolute Gasteiger partial charge is 0.251 e. The third-order valence-corrected chi connectivity index (χ3v) is 6.94. The van der Waals surface area contributed by atoms with Gasteiger partial charge in [-0.2, -0.15) is 0 Å². The lowest BCUT2D eigenvalue weighted by molar-refractivity contribution is 0.0951. The molecule has 0 unspecified atom stereocenters. The summed E-state index contributed by atoms with van der Waals surface area (Å²) in [5.74, 6) is 0.264. The number of hydrogen-bond donors (Lipinski definition) is 1. The molecule has 4 aromatic rings. The van der Waals surface area contributed by atoms with Crippen molar-refractivity contribution in [1.82, 2.24) is 10.3 Å². The van der Waals surface area contributed by atoms with E-state index in [2.05, 4.69) is 10.3 Å². The number of amides is 1. The SMILES string of the molecule is Cc1oc(-c2ccc(C(=O)NCc3cccc(Cl)c3)cc2)nc1CS(=O)(=O)c1ccccc1. The van der Waals surface area contributed by atoms with Crippen LogP contribution in [0, 0.1) is 6.92 Å². The van der Waals surface area contributed by atoms with E-state index < -0.39 is 9.84 Å². The van der Waals surface area contributed by atoms with Crippen LogP contribution in [0.2, 0.25) is 5.02 Å². The van der Waals surface area contributed by atoms with Crippen molar-refractivity contribution in [3.63, 3.8) is 0 Å². The van der Waals surface area contributed by atoms with Gasteiger partial charge >= 0.3 is 0 Å². The summed E-state index contributed by atoms with van der Waals surface area (Å²) in [6.45, 7) is 2.04. The van der Waals surface area contributed by atoms with Gasteiger partial charge in [0, 0.05) is 22.7 Å². The number of halogens is 1. The standard InChI is InChI=1S/C25H21ClN2O4S/c1-17-23(16-33(30,31)22-8-3-2-4-9-22)28-25(32-17)20-12-10-19(11-13-20)24(29)27-15-18-6-5-7-21(26)14-18/h2-14H,15-16H2,1H3,(H,27,29). The Labute approximate surface area is 197 Å². The summed E-state index contributed by atoms with van der Waals surface area (Å²) < 4.78 is 31.0. The number of benzene rings is 3. The van der Waals surface area contributed by atoms with Crippen LogP contribution < -0.4 is 5.32 Å². The molecule has 0 aliphatic heterocycles. The molecule has 33 heavy (non-hydrogen) atoms. The molecule has 1 aromatic heterocycles. The lowest BCUT2D eigenvalue weighted by Gasteiger charge is -2.06. The summed E-state index contributed by atoms with van der Waals surface area (Å²) in [6.07, 6.45) is 0. The topological polar surface area (TPSA) is 89.3 Å². The highest BCUT2D eigenvalue weighted by molar-refractivity contribution is 7.90. The Morgan fingerprint density at radius 2 is 1.73 bits per heavy atom. The van der Waals surface area contributed by atoms with E-state index in [1.165, 1.54) is 0 Å². The van der Waals surface area contributed by atoms with Crippen LogP contribution in [0.25, 0.3) is 11.5 Å². The zero-order valence-corrected chi connectivity index (χ0v) is 19.4. The zero-order valence-electron chi connectivity index (χ0n) is 17.8. The molecular weight excluding hydrogens is 460 g/mol. The fourth-order valence-corrected chi connectivity index (χ4v) is 4.85. The molecule has 0 aliphatic rings. The maximum Gasteiger partial charge on any atom is 0.251 e. The van der Waals surface area contributed by atoms with Crippen molar-refractivity contribution < 1.29 is 17.6 Å². The van der Waals surface area contributed by atoms with E-state index in [0.717, 1.165) is 5.56 Å². The average Bonchev–Trinajstić information content (AvgIpc) is 3.17. The van der Waals surface area contributed by atoms with E-state index in [1.54, 1.807) is 73.7 Å². The number of carbonyl (C=O) groups excluding carboxylic acids is 1. The van der Waals surface area contributed by atoms with Crippen LogP contribution in [0.3, 0.4) is 0 Å². The number of hydrogen-bond acceptors (Lipinski definition) is 5. The Kier molecular flexibility index (Phi) is 6.62. The molecule has 0 radical (unpaired) electrons. The highest BCUT2D eigenvalue weighted by Crippen LogP contribution is 2.25. The quantitative estimate of drug-likeness (QED) is 0.392. The first-order valence-corrected chi connectivity index (χ1v) is 12.2. The van der Waals surface area contributed by atoms with Crippen LogP contribution in [-0.4, -0.2) is 19.3 Å². The van der Waals surface area contributed by atoms with E-state index >= 15 is 0 Å². The number of nitrogens with zero attached hydrogens (tertiary/aromatic N) is 1. The number of sulfone groups is 1. The minimum atomic E-state index is -3.54. The van der Waals surface area contributed by atoms with Crippen molar-refractivity contribution in [2.45, 2.75) is 24.1 Å². The highest BCUT2D eigenvalue weighted by atomic mass is 35.5. The van der Waals surface area contributed by atoms with E-state index in [-0.39, 0.29) is 16.6 Å². The molecule has 8 heteroatoms. The molecule has 6 nitrogen and oxygen atoms in total. The molecule has 1 amide bonds. The van der Waals surface area contributed by atoms with Gasteiger partial charge in [-0.05, 0) is 61.0 Å². The largest absolute Gasteiger partial charge is 0.441 e. The molecule has 168 valence electrons. The van der Waals surface area contributed by atoms with Crippen molar-refractivity contribution in [2.24, 2.45) is 0 Å². The molecular formula is C25H21ClN2O4S. The molecule has 1 heterocycles. The molecule has 0 atom stereocenters. The number of rotatable bonds is 7. The van der Waals surface area contributed by atoms with Crippen molar-refractivity contribution >= 4 is 27.3 Å². The van der Waals surface area contributed by atoms with Crippen molar-refractivity contribution in [3.05, 3.63) is 106 Å². The van der Waals surface area contributed by atoms with Gasteiger partial charge in [-0.25, -0.2) is 13.4 Å². The first kappa shape index (κ1) is 22.8. The van der Waals surface area contributed by atoms with E-state index in [9.17, 15) is 13.2 Å². The fourth-order valence-electron chi connectivity index (χ4n) is 3.27. The van der Waals surface area contributed by atoms with Crippen molar-refractivity contribution in [3.8, 4) is 11.5 Å². The summed E-state index contributed by atoms with van der Waals surface area (Å²) in [6, 6.07) is 22.3. The molecule has 0 fully saturated rings. The van der Waals surface area contributed by atoms with E-state index in [1.807, 2.05) is 12.1 Å². The van der Waals surface area contributed by atoms with Crippen molar-refractivity contribution in [2.75, 3.05) is 0 Å². The Bertz CT molecular complexity index is 1380. The molecule has 0 bridgehead atoms. The normalized spacial score (nSPS) is 11.3. The van der Waals surface area contributed by atoms with Gasteiger partial charge in [-0.3, -0.25) is 4.79 Å². The van der Waals surface area contributed by atoms with Crippen LogP contribution in [0.1, 0.15) is 27.4 Å². The third kappa shape index (κ3) is 5.50.